The third kappa shape index (κ3) is 3.21. The fourth-order valence-corrected chi connectivity index (χ4v) is 3.75. The lowest BCUT2D eigenvalue weighted by molar-refractivity contribution is -0.188. The summed E-state index contributed by atoms with van der Waals surface area (Å²) in [6.45, 7) is 2.05. The number of urea groups is 1. The smallest absolute Gasteiger partial charge is 0.341 e. The molecule has 1 aromatic rings. The topological polar surface area (TPSA) is 60.0 Å². The SMILES string of the molecule is O=C(NOC1CCCCO1)N1CCC2(CC1)Cc1ccccc1O2. The van der Waals surface area contributed by atoms with Crippen LogP contribution < -0.4 is 10.2 Å². The van der Waals surface area contributed by atoms with E-state index in [2.05, 4.69) is 17.6 Å². The van der Waals surface area contributed by atoms with E-state index < -0.39 is 0 Å². The number of nitrogens with one attached hydrogen (secondary N) is 1. The predicted octanol–water partition coefficient (Wildman–Crippen LogP) is 2.62. The normalized spacial score (nSPS) is 25.2. The van der Waals surface area contributed by atoms with Gasteiger partial charge in [0.05, 0.1) is 0 Å². The highest BCUT2D eigenvalue weighted by atomic mass is 16.8. The minimum atomic E-state index is -0.313. The number of carbonyl (C=O) groups excluding carboxylic acids is 1. The van der Waals surface area contributed by atoms with Crippen molar-refractivity contribution in [3.63, 3.8) is 0 Å². The van der Waals surface area contributed by atoms with Crippen molar-refractivity contribution < 1.29 is 19.1 Å². The molecule has 3 heterocycles. The van der Waals surface area contributed by atoms with E-state index in [1.54, 1.807) is 4.90 Å². The molecule has 1 aromatic carbocycles. The number of fused-ring (bicyclic) bond motifs is 1. The zero-order valence-corrected chi connectivity index (χ0v) is 13.8. The zero-order valence-electron chi connectivity index (χ0n) is 13.8. The molecule has 0 aliphatic carbocycles. The highest BCUT2D eigenvalue weighted by Crippen LogP contribution is 2.40. The summed E-state index contributed by atoms with van der Waals surface area (Å²) in [6.07, 6.45) is 5.27. The molecule has 0 bridgehead atoms. The van der Waals surface area contributed by atoms with Crippen molar-refractivity contribution in [1.82, 2.24) is 10.4 Å². The maximum Gasteiger partial charge on any atom is 0.341 e. The van der Waals surface area contributed by atoms with E-state index in [0.29, 0.717) is 19.7 Å². The van der Waals surface area contributed by atoms with Crippen molar-refractivity contribution in [3.8, 4) is 5.75 Å². The Hall–Kier alpha value is -1.79. The molecule has 1 spiro atoms. The van der Waals surface area contributed by atoms with E-state index in [1.165, 1.54) is 5.56 Å². The van der Waals surface area contributed by atoms with Gasteiger partial charge in [-0.3, -0.25) is 0 Å². The van der Waals surface area contributed by atoms with Gasteiger partial charge >= 0.3 is 6.03 Å². The summed E-state index contributed by atoms with van der Waals surface area (Å²) in [7, 11) is 0. The second-order valence-corrected chi connectivity index (χ2v) is 6.88. The molecule has 1 N–H and O–H groups in total. The minimum absolute atomic E-state index is 0.145. The lowest BCUT2D eigenvalue weighted by Gasteiger charge is -2.38. The number of nitrogens with zero attached hydrogens (tertiary/aromatic N) is 1. The van der Waals surface area contributed by atoms with Crippen LogP contribution in [0.15, 0.2) is 24.3 Å². The predicted molar refractivity (Wildman–Crippen MR) is 87.5 cm³/mol. The van der Waals surface area contributed by atoms with Crippen LogP contribution in [0.25, 0.3) is 0 Å². The first-order valence-corrected chi connectivity index (χ1v) is 8.83. The van der Waals surface area contributed by atoms with Gasteiger partial charge in [-0.05, 0) is 24.5 Å². The average Bonchev–Trinajstić information content (AvgIpc) is 2.98. The molecular formula is C18H24N2O4. The van der Waals surface area contributed by atoms with Gasteiger partial charge in [0.25, 0.3) is 0 Å². The number of piperidine rings is 1. The fourth-order valence-electron chi connectivity index (χ4n) is 3.75. The van der Waals surface area contributed by atoms with Crippen molar-refractivity contribution in [2.45, 2.75) is 50.4 Å². The van der Waals surface area contributed by atoms with E-state index in [9.17, 15) is 4.79 Å². The number of hydrogen-bond acceptors (Lipinski definition) is 4. The monoisotopic (exact) mass is 332 g/mol. The molecule has 24 heavy (non-hydrogen) atoms. The number of rotatable bonds is 2. The molecular weight excluding hydrogens is 308 g/mol. The summed E-state index contributed by atoms with van der Waals surface area (Å²) >= 11 is 0. The second-order valence-electron chi connectivity index (χ2n) is 6.88. The quantitative estimate of drug-likeness (QED) is 0.846. The Morgan fingerprint density at radius 1 is 1.25 bits per heavy atom. The third-order valence-corrected chi connectivity index (χ3v) is 5.19. The Kier molecular flexibility index (Phi) is 4.33. The maximum atomic E-state index is 12.3. The highest BCUT2D eigenvalue weighted by Gasteiger charge is 2.42. The summed E-state index contributed by atoms with van der Waals surface area (Å²) in [5.74, 6) is 0.994. The van der Waals surface area contributed by atoms with Crippen molar-refractivity contribution in [3.05, 3.63) is 29.8 Å². The molecule has 0 radical (unpaired) electrons. The van der Waals surface area contributed by atoms with Crippen molar-refractivity contribution >= 4 is 6.03 Å². The Morgan fingerprint density at radius 2 is 2.08 bits per heavy atom. The van der Waals surface area contributed by atoms with Gasteiger partial charge < -0.3 is 14.4 Å². The van der Waals surface area contributed by atoms with Gasteiger partial charge in [-0.25, -0.2) is 15.1 Å². The van der Waals surface area contributed by atoms with Crippen LogP contribution in [0.5, 0.6) is 5.75 Å². The zero-order chi connectivity index (χ0) is 16.4. The van der Waals surface area contributed by atoms with Gasteiger partial charge in [0.15, 0.2) is 6.29 Å². The summed E-state index contributed by atoms with van der Waals surface area (Å²) in [6, 6.07) is 8.02. The van der Waals surface area contributed by atoms with Crippen LogP contribution >= 0.6 is 0 Å². The number of para-hydroxylation sites is 1. The average molecular weight is 332 g/mol. The third-order valence-electron chi connectivity index (χ3n) is 5.19. The lowest BCUT2D eigenvalue weighted by atomic mass is 9.87. The van der Waals surface area contributed by atoms with Gasteiger partial charge in [-0.2, -0.15) is 0 Å². The van der Waals surface area contributed by atoms with Crippen molar-refractivity contribution in [2.75, 3.05) is 19.7 Å². The number of amides is 2. The molecule has 1 unspecified atom stereocenters. The summed E-state index contributed by atoms with van der Waals surface area (Å²) in [5, 5.41) is 0. The maximum absolute atomic E-state index is 12.3. The van der Waals surface area contributed by atoms with Crippen LogP contribution in [-0.2, 0) is 16.0 Å². The largest absolute Gasteiger partial charge is 0.487 e. The molecule has 6 heteroatoms. The number of ether oxygens (including phenoxy) is 2. The number of hydroxylamine groups is 1. The van der Waals surface area contributed by atoms with Crippen molar-refractivity contribution in [2.24, 2.45) is 0 Å². The molecule has 3 aliphatic rings. The van der Waals surface area contributed by atoms with E-state index in [0.717, 1.165) is 44.3 Å². The second kappa shape index (κ2) is 6.61. The van der Waals surface area contributed by atoms with Gasteiger partial charge in [0, 0.05) is 45.4 Å². The molecule has 4 rings (SSSR count). The molecule has 2 amide bonds. The highest BCUT2D eigenvalue weighted by molar-refractivity contribution is 5.73. The molecule has 0 aromatic heterocycles. The summed E-state index contributed by atoms with van der Waals surface area (Å²) < 4.78 is 11.7. The molecule has 3 aliphatic heterocycles. The van der Waals surface area contributed by atoms with Crippen LogP contribution in [0.1, 0.15) is 37.7 Å². The number of likely N-dealkylation sites (tertiary alicyclic amines) is 1. The van der Waals surface area contributed by atoms with Crippen LogP contribution in [0, 0.1) is 0 Å². The van der Waals surface area contributed by atoms with E-state index >= 15 is 0 Å². The van der Waals surface area contributed by atoms with Crippen LogP contribution in [0.2, 0.25) is 0 Å². The van der Waals surface area contributed by atoms with Crippen LogP contribution in [0.4, 0.5) is 4.79 Å². The molecule has 130 valence electrons. The standard InChI is InChI=1S/C18H24N2O4/c21-17(19-24-16-7-3-4-12-22-16)20-10-8-18(9-11-20)13-14-5-1-2-6-15(14)23-18/h1-2,5-6,16H,3-4,7-13H2,(H,19,21). The van der Waals surface area contributed by atoms with Crippen LogP contribution in [-0.4, -0.2) is 42.5 Å². The lowest BCUT2D eigenvalue weighted by Crippen LogP contribution is -2.52. The van der Waals surface area contributed by atoms with E-state index in [-0.39, 0.29) is 17.9 Å². The number of benzene rings is 1. The Morgan fingerprint density at radius 3 is 2.83 bits per heavy atom. The molecule has 1 atom stereocenters. The molecule has 2 saturated heterocycles. The van der Waals surface area contributed by atoms with Crippen LogP contribution in [0.3, 0.4) is 0 Å². The Labute approximate surface area is 142 Å². The first kappa shape index (κ1) is 15.7. The van der Waals surface area contributed by atoms with Gasteiger partial charge in [-0.1, -0.05) is 18.2 Å². The summed E-state index contributed by atoms with van der Waals surface area (Å²) in [4.78, 5) is 19.4. The summed E-state index contributed by atoms with van der Waals surface area (Å²) in [5.41, 5.74) is 3.67. The fraction of sp³-hybridized carbons (Fsp3) is 0.611. The Balaban J connectivity index is 1.26. The van der Waals surface area contributed by atoms with Gasteiger partial charge in [0.2, 0.25) is 0 Å². The molecule has 0 saturated carbocycles. The van der Waals surface area contributed by atoms with Gasteiger partial charge in [-0.15, -0.1) is 0 Å². The number of carbonyl (C=O) groups is 1. The molecule has 6 nitrogen and oxygen atoms in total. The van der Waals surface area contributed by atoms with E-state index in [1.807, 2.05) is 12.1 Å². The molecule has 2 fully saturated rings. The number of hydrogen-bond donors (Lipinski definition) is 1. The van der Waals surface area contributed by atoms with Crippen molar-refractivity contribution in [1.29, 1.82) is 0 Å². The minimum Gasteiger partial charge on any atom is -0.487 e. The van der Waals surface area contributed by atoms with Gasteiger partial charge in [0.1, 0.15) is 11.4 Å². The first-order valence-electron chi connectivity index (χ1n) is 8.83. The first-order chi connectivity index (χ1) is 11.7. The Bertz CT molecular complexity index is 565. The van der Waals surface area contributed by atoms with E-state index in [4.69, 9.17) is 14.3 Å².